The van der Waals surface area contributed by atoms with Gasteiger partial charge in [-0.15, -0.1) is 10.2 Å². The quantitative estimate of drug-likeness (QED) is 0.698. The number of hydrogen-bond acceptors (Lipinski definition) is 4. The fourth-order valence-electron chi connectivity index (χ4n) is 4.02. The van der Waals surface area contributed by atoms with E-state index < -0.39 is 28.9 Å². The van der Waals surface area contributed by atoms with Gasteiger partial charge in [0.1, 0.15) is 0 Å². The molecule has 3 atom stereocenters. The Morgan fingerprint density at radius 3 is 2.30 bits per heavy atom. The minimum Gasteiger partial charge on any atom is -0.473 e. The van der Waals surface area contributed by atoms with E-state index in [-0.39, 0.29) is 12.0 Å². The Hall–Kier alpha value is -3.29. The van der Waals surface area contributed by atoms with Crippen molar-refractivity contribution in [3.8, 4) is 17.1 Å². The Labute approximate surface area is 172 Å². The molecule has 0 fully saturated rings. The van der Waals surface area contributed by atoms with Crippen LogP contribution in [0, 0.1) is 24.5 Å². The summed E-state index contributed by atoms with van der Waals surface area (Å²) in [7, 11) is 0. The van der Waals surface area contributed by atoms with Crippen LogP contribution < -0.4 is 10.5 Å². The molecule has 30 heavy (non-hydrogen) atoms. The van der Waals surface area contributed by atoms with E-state index in [1.165, 1.54) is 12.1 Å². The molecule has 3 aromatic rings. The van der Waals surface area contributed by atoms with Crippen molar-refractivity contribution in [3.63, 3.8) is 0 Å². The van der Waals surface area contributed by atoms with Gasteiger partial charge in [0.05, 0.1) is 0 Å². The highest BCUT2D eigenvalue weighted by Crippen LogP contribution is 2.48. The van der Waals surface area contributed by atoms with Crippen molar-refractivity contribution < 1.29 is 18.3 Å². The maximum Gasteiger partial charge on any atom is 0.248 e. The monoisotopic (exact) mass is 412 g/mol. The molecule has 156 valence electrons. The lowest BCUT2D eigenvalue weighted by Gasteiger charge is -2.30. The van der Waals surface area contributed by atoms with E-state index in [0.29, 0.717) is 22.8 Å². The number of carbonyl (C=O) groups excluding carboxylic acids is 1. The summed E-state index contributed by atoms with van der Waals surface area (Å²) in [5.41, 5.74) is 5.82. The van der Waals surface area contributed by atoms with E-state index in [9.17, 15) is 13.6 Å². The van der Waals surface area contributed by atoms with Crippen LogP contribution >= 0.6 is 0 Å². The number of aromatic nitrogens is 3. The normalized spacial score (nSPS) is 22.7. The predicted octanol–water partition coefficient (Wildman–Crippen LogP) is 4.14. The first kappa shape index (κ1) is 20.0. The fraction of sp³-hybridized carbons (Fsp3) is 0.318. The highest BCUT2D eigenvalue weighted by Gasteiger charge is 2.51. The van der Waals surface area contributed by atoms with Gasteiger partial charge in [-0.1, -0.05) is 19.1 Å². The number of fused-ring (bicyclic) bond motifs is 1. The van der Waals surface area contributed by atoms with Crippen LogP contribution in [0.4, 0.5) is 8.78 Å². The van der Waals surface area contributed by atoms with Crippen LogP contribution in [0.1, 0.15) is 48.6 Å². The highest BCUT2D eigenvalue weighted by atomic mass is 19.1. The first-order chi connectivity index (χ1) is 14.1. The molecule has 0 radical (unpaired) electrons. The summed E-state index contributed by atoms with van der Waals surface area (Å²) < 4.78 is 36.8. The zero-order valence-corrected chi connectivity index (χ0v) is 17.1. The zero-order valence-electron chi connectivity index (χ0n) is 17.1. The lowest BCUT2D eigenvalue weighted by Crippen LogP contribution is -2.35. The van der Waals surface area contributed by atoms with Gasteiger partial charge < -0.3 is 15.0 Å². The van der Waals surface area contributed by atoms with E-state index in [4.69, 9.17) is 10.5 Å². The smallest absolute Gasteiger partial charge is 0.248 e. The number of benzene rings is 2. The molecular weight excluding hydrogens is 390 g/mol. The average molecular weight is 412 g/mol. The third-order valence-corrected chi connectivity index (χ3v) is 6.02. The van der Waals surface area contributed by atoms with Crippen LogP contribution in [0.5, 0.6) is 5.75 Å². The molecule has 1 aromatic heterocycles. The van der Waals surface area contributed by atoms with E-state index in [2.05, 4.69) is 10.2 Å². The average Bonchev–Trinajstić information content (AvgIpc) is 3.21. The molecule has 2 heterocycles. The number of aryl methyl sites for hydroxylation is 1. The fourth-order valence-corrected chi connectivity index (χ4v) is 4.02. The molecule has 0 saturated heterocycles. The maximum atomic E-state index is 14.5. The van der Waals surface area contributed by atoms with E-state index >= 15 is 0 Å². The SMILES string of the molecule is Cc1cc(F)c(OC2(C)c3nnc(-c4ccc(C(N)=O)cc4)n3C(C)C2C)c(F)c1. The van der Waals surface area contributed by atoms with Gasteiger partial charge in [0.2, 0.25) is 5.91 Å². The summed E-state index contributed by atoms with van der Waals surface area (Å²) in [6, 6.07) is 9.10. The minimum atomic E-state index is -1.09. The van der Waals surface area contributed by atoms with Gasteiger partial charge in [-0.05, 0) is 50.6 Å². The number of primary amides is 1. The van der Waals surface area contributed by atoms with Gasteiger partial charge >= 0.3 is 0 Å². The van der Waals surface area contributed by atoms with E-state index in [1.807, 2.05) is 18.4 Å². The topological polar surface area (TPSA) is 83.0 Å². The largest absolute Gasteiger partial charge is 0.473 e. The lowest BCUT2D eigenvalue weighted by molar-refractivity contribution is 0.0232. The predicted molar refractivity (Wildman–Crippen MR) is 107 cm³/mol. The van der Waals surface area contributed by atoms with Crippen molar-refractivity contribution >= 4 is 5.91 Å². The summed E-state index contributed by atoms with van der Waals surface area (Å²) in [5, 5.41) is 8.60. The third-order valence-electron chi connectivity index (χ3n) is 6.02. The van der Waals surface area contributed by atoms with Crippen LogP contribution in [-0.4, -0.2) is 20.7 Å². The second kappa shape index (κ2) is 6.90. The third kappa shape index (κ3) is 2.94. The summed E-state index contributed by atoms with van der Waals surface area (Å²) in [6.07, 6.45) is 0. The van der Waals surface area contributed by atoms with Gasteiger partial charge in [0, 0.05) is 23.1 Å². The molecule has 8 heteroatoms. The Bertz CT molecular complexity index is 1120. The van der Waals surface area contributed by atoms with Crippen LogP contribution in [0.25, 0.3) is 11.4 Å². The van der Waals surface area contributed by atoms with Crippen molar-refractivity contribution in [2.75, 3.05) is 0 Å². The van der Waals surface area contributed by atoms with Gasteiger partial charge in [-0.2, -0.15) is 0 Å². The minimum absolute atomic E-state index is 0.0950. The molecule has 0 saturated carbocycles. The second-order valence-electron chi connectivity index (χ2n) is 7.95. The lowest BCUT2D eigenvalue weighted by atomic mass is 9.88. The van der Waals surface area contributed by atoms with Gasteiger partial charge in [0.15, 0.2) is 34.6 Å². The number of hydrogen-bond donors (Lipinski definition) is 1. The molecule has 1 aliphatic heterocycles. The summed E-state index contributed by atoms with van der Waals surface area (Å²) >= 11 is 0. The van der Waals surface area contributed by atoms with Crippen LogP contribution in [-0.2, 0) is 5.60 Å². The first-order valence-electron chi connectivity index (χ1n) is 9.63. The van der Waals surface area contributed by atoms with Crippen molar-refractivity contribution in [1.82, 2.24) is 14.8 Å². The number of nitrogens with two attached hydrogens (primary N) is 1. The van der Waals surface area contributed by atoms with Crippen molar-refractivity contribution in [2.24, 2.45) is 11.7 Å². The first-order valence-corrected chi connectivity index (χ1v) is 9.63. The Morgan fingerprint density at radius 2 is 1.73 bits per heavy atom. The molecule has 2 N–H and O–H groups in total. The Balaban J connectivity index is 1.78. The molecule has 4 rings (SSSR count). The second-order valence-corrected chi connectivity index (χ2v) is 7.95. The summed E-state index contributed by atoms with van der Waals surface area (Å²) in [4.78, 5) is 11.3. The number of carbonyl (C=O) groups is 1. The molecule has 3 unspecified atom stereocenters. The standard InChI is InChI=1S/C22H22F2N4O2/c1-11-9-16(23)18(17(24)10-11)30-22(4)12(2)13(3)28-20(26-27-21(22)28)15-7-5-14(6-8-15)19(25)29/h5-10,12-13H,1-4H3,(H2,25,29). The zero-order chi connectivity index (χ0) is 21.8. The molecule has 1 amide bonds. The van der Waals surface area contributed by atoms with Crippen molar-refractivity contribution in [3.05, 3.63) is 65.0 Å². The molecule has 0 spiro atoms. The highest BCUT2D eigenvalue weighted by molar-refractivity contribution is 5.93. The van der Waals surface area contributed by atoms with Crippen molar-refractivity contribution in [1.29, 1.82) is 0 Å². The molecule has 2 aromatic carbocycles. The summed E-state index contributed by atoms with van der Waals surface area (Å²) in [5.74, 6) is -1.54. The molecule has 0 bridgehead atoms. The van der Waals surface area contributed by atoms with Gasteiger partial charge in [0.25, 0.3) is 0 Å². The number of nitrogens with zero attached hydrogens (tertiary/aromatic N) is 3. The Kier molecular flexibility index (Phi) is 4.60. The number of amides is 1. The Morgan fingerprint density at radius 1 is 1.13 bits per heavy atom. The van der Waals surface area contributed by atoms with Crippen LogP contribution in [0.2, 0.25) is 0 Å². The van der Waals surface area contributed by atoms with E-state index in [0.717, 1.165) is 5.56 Å². The van der Waals surface area contributed by atoms with Crippen LogP contribution in [0.15, 0.2) is 36.4 Å². The number of halogens is 2. The van der Waals surface area contributed by atoms with Crippen LogP contribution in [0.3, 0.4) is 0 Å². The van der Waals surface area contributed by atoms with Gasteiger partial charge in [-0.3, -0.25) is 4.79 Å². The van der Waals surface area contributed by atoms with Crippen molar-refractivity contribution in [2.45, 2.75) is 39.3 Å². The molecular formula is C22H22F2N4O2. The molecule has 1 aliphatic rings. The number of rotatable bonds is 4. The van der Waals surface area contributed by atoms with Gasteiger partial charge in [-0.25, -0.2) is 8.78 Å². The number of ether oxygens (including phenoxy) is 1. The molecule has 0 aliphatic carbocycles. The molecule has 6 nitrogen and oxygen atoms in total. The summed E-state index contributed by atoms with van der Waals surface area (Å²) in [6.45, 7) is 7.31. The van der Waals surface area contributed by atoms with E-state index in [1.54, 1.807) is 38.1 Å². The maximum absolute atomic E-state index is 14.5.